The van der Waals surface area contributed by atoms with Gasteiger partial charge < -0.3 is 9.88 Å². The molecule has 1 heterocycles. The molecule has 1 N–H and O–H groups in total. The van der Waals surface area contributed by atoms with Crippen LogP contribution < -0.4 is 5.32 Å². The second-order valence-electron chi connectivity index (χ2n) is 5.76. The Hall–Kier alpha value is -2.12. The van der Waals surface area contributed by atoms with Gasteiger partial charge in [-0.2, -0.15) is 0 Å². The van der Waals surface area contributed by atoms with Crippen molar-refractivity contribution in [3.63, 3.8) is 0 Å². The summed E-state index contributed by atoms with van der Waals surface area (Å²) in [6.07, 6.45) is 0.983. The number of carbonyl (C=O) groups excluding carboxylic acids is 1. The third-order valence-electron chi connectivity index (χ3n) is 3.92. The lowest BCUT2D eigenvalue weighted by Crippen LogP contribution is -2.14. The van der Waals surface area contributed by atoms with Crippen LogP contribution in [0, 0.1) is 0 Å². The summed E-state index contributed by atoms with van der Waals surface area (Å²) in [6.45, 7) is 2.10. The molecule has 134 valence electrons. The predicted octanol–water partition coefficient (Wildman–Crippen LogP) is 4.54. The zero-order valence-electron chi connectivity index (χ0n) is 14.6. The Morgan fingerprint density at radius 3 is 2.46 bits per heavy atom. The molecule has 0 radical (unpaired) electrons. The maximum absolute atomic E-state index is 12.2. The van der Waals surface area contributed by atoms with E-state index in [1.54, 1.807) is 0 Å². The largest absolute Gasteiger partial charge is 0.325 e. The van der Waals surface area contributed by atoms with Crippen LogP contribution in [-0.4, -0.2) is 26.4 Å². The van der Waals surface area contributed by atoms with Crippen molar-refractivity contribution in [3.8, 4) is 11.4 Å². The summed E-state index contributed by atoms with van der Waals surface area (Å²) in [7, 11) is 1.90. The van der Waals surface area contributed by atoms with Gasteiger partial charge in [-0.3, -0.25) is 4.79 Å². The van der Waals surface area contributed by atoms with E-state index >= 15 is 0 Å². The average molecular weight is 431 g/mol. The standard InChI is InChI=1S/C19H19BrN4OS/c1-3-13-4-10-16(11-5-13)21-17(25)12-26-19-23-22-18(24(19)2)14-6-8-15(20)9-7-14/h4-11H,3,12H2,1-2H3,(H,21,25). The molecule has 0 bridgehead atoms. The molecule has 0 saturated heterocycles. The number of hydrogen-bond donors (Lipinski definition) is 1. The lowest BCUT2D eigenvalue weighted by atomic mass is 10.1. The van der Waals surface area contributed by atoms with Crippen LogP contribution in [0.3, 0.4) is 0 Å². The molecule has 1 aromatic heterocycles. The molecule has 0 aliphatic heterocycles. The van der Waals surface area contributed by atoms with Crippen molar-refractivity contribution in [2.24, 2.45) is 7.05 Å². The molecule has 0 aliphatic carbocycles. The maximum atomic E-state index is 12.2. The minimum atomic E-state index is -0.0626. The third-order valence-corrected chi connectivity index (χ3v) is 5.46. The average Bonchev–Trinajstić information content (AvgIpc) is 3.02. The van der Waals surface area contributed by atoms with E-state index in [2.05, 4.69) is 38.4 Å². The van der Waals surface area contributed by atoms with Gasteiger partial charge in [0.15, 0.2) is 11.0 Å². The van der Waals surface area contributed by atoms with E-state index in [4.69, 9.17) is 0 Å². The molecular weight excluding hydrogens is 412 g/mol. The summed E-state index contributed by atoms with van der Waals surface area (Å²) < 4.78 is 2.92. The highest BCUT2D eigenvalue weighted by Gasteiger charge is 2.13. The van der Waals surface area contributed by atoms with Gasteiger partial charge in [-0.25, -0.2) is 0 Å². The second kappa shape index (κ2) is 8.51. The number of carbonyl (C=O) groups is 1. The molecule has 0 unspecified atom stereocenters. The number of nitrogens with zero attached hydrogens (tertiary/aromatic N) is 3. The highest BCUT2D eigenvalue weighted by Crippen LogP contribution is 2.24. The minimum Gasteiger partial charge on any atom is -0.325 e. The number of aryl methyl sites for hydroxylation is 1. The molecule has 0 spiro atoms. The molecule has 0 aliphatic rings. The Bertz CT molecular complexity index is 891. The zero-order valence-corrected chi connectivity index (χ0v) is 17.0. The number of nitrogens with one attached hydrogen (secondary N) is 1. The summed E-state index contributed by atoms with van der Waals surface area (Å²) in [5, 5.41) is 12.1. The first-order chi connectivity index (χ1) is 12.6. The van der Waals surface area contributed by atoms with Crippen LogP contribution in [0.2, 0.25) is 0 Å². The van der Waals surface area contributed by atoms with Crippen molar-refractivity contribution in [2.45, 2.75) is 18.5 Å². The smallest absolute Gasteiger partial charge is 0.234 e. The molecule has 3 rings (SSSR count). The summed E-state index contributed by atoms with van der Waals surface area (Å²) in [5.74, 6) is 0.991. The molecule has 0 fully saturated rings. The van der Waals surface area contributed by atoms with Crippen LogP contribution in [0.5, 0.6) is 0 Å². The maximum Gasteiger partial charge on any atom is 0.234 e. The van der Waals surface area contributed by atoms with Gasteiger partial charge in [0.05, 0.1) is 5.75 Å². The summed E-state index contributed by atoms with van der Waals surface area (Å²) in [6, 6.07) is 15.8. The molecule has 2 aromatic carbocycles. The quantitative estimate of drug-likeness (QED) is 0.583. The Balaban J connectivity index is 1.60. The molecule has 3 aromatic rings. The van der Waals surface area contributed by atoms with Crippen molar-refractivity contribution in [3.05, 3.63) is 58.6 Å². The zero-order chi connectivity index (χ0) is 18.5. The van der Waals surface area contributed by atoms with Crippen molar-refractivity contribution in [2.75, 3.05) is 11.1 Å². The predicted molar refractivity (Wildman–Crippen MR) is 109 cm³/mol. The Kier molecular flexibility index (Phi) is 6.11. The van der Waals surface area contributed by atoms with Gasteiger partial charge >= 0.3 is 0 Å². The number of benzene rings is 2. The molecular formula is C19H19BrN4OS. The Morgan fingerprint density at radius 2 is 1.81 bits per heavy atom. The van der Waals surface area contributed by atoms with Crippen LogP contribution >= 0.6 is 27.7 Å². The molecule has 7 heteroatoms. The van der Waals surface area contributed by atoms with Crippen molar-refractivity contribution < 1.29 is 4.79 Å². The van der Waals surface area contributed by atoms with Gasteiger partial charge in [-0.05, 0) is 36.2 Å². The molecule has 0 saturated carbocycles. The van der Waals surface area contributed by atoms with E-state index in [1.807, 2.05) is 60.1 Å². The first-order valence-electron chi connectivity index (χ1n) is 8.23. The number of thioether (sulfide) groups is 1. The minimum absolute atomic E-state index is 0.0626. The van der Waals surface area contributed by atoms with Crippen LogP contribution in [0.15, 0.2) is 58.2 Å². The van der Waals surface area contributed by atoms with Crippen molar-refractivity contribution >= 4 is 39.3 Å². The van der Waals surface area contributed by atoms with E-state index in [0.717, 1.165) is 28.0 Å². The fraction of sp³-hybridized carbons (Fsp3) is 0.211. The highest BCUT2D eigenvalue weighted by atomic mass is 79.9. The number of halogens is 1. The molecule has 5 nitrogen and oxygen atoms in total. The summed E-state index contributed by atoms with van der Waals surface area (Å²) >= 11 is 4.79. The Morgan fingerprint density at radius 1 is 1.12 bits per heavy atom. The third kappa shape index (κ3) is 4.53. The first-order valence-corrected chi connectivity index (χ1v) is 10.0. The van der Waals surface area contributed by atoms with Crippen LogP contribution in [-0.2, 0) is 18.3 Å². The van der Waals surface area contributed by atoms with E-state index in [-0.39, 0.29) is 11.7 Å². The normalized spacial score (nSPS) is 10.7. The van der Waals surface area contributed by atoms with Gasteiger partial charge in [0.25, 0.3) is 0 Å². The van der Waals surface area contributed by atoms with Gasteiger partial charge in [-0.1, -0.05) is 58.9 Å². The lowest BCUT2D eigenvalue weighted by Gasteiger charge is -2.06. The number of amides is 1. The van der Waals surface area contributed by atoms with E-state index in [1.165, 1.54) is 17.3 Å². The van der Waals surface area contributed by atoms with Crippen molar-refractivity contribution in [1.29, 1.82) is 0 Å². The number of hydrogen-bond acceptors (Lipinski definition) is 4. The van der Waals surface area contributed by atoms with E-state index in [9.17, 15) is 4.79 Å². The van der Waals surface area contributed by atoms with Gasteiger partial charge in [-0.15, -0.1) is 10.2 Å². The topological polar surface area (TPSA) is 59.8 Å². The van der Waals surface area contributed by atoms with Crippen molar-refractivity contribution in [1.82, 2.24) is 14.8 Å². The fourth-order valence-electron chi connectivity index (χ4n) is 2.44. The van der Waals surface area contributed by atoms with Crippen LogP contribution in [0.25, 0.3) is 11.4 Å². The van der Waals surface area contributed by atoms with Crippen LogP contribution in [0.1, 0.15) is 12.5 Å². The van der Waals surface area contributed by atoms with Gasteiger partial charge in [0.1, 0.15) is 0 Å². The molecule has 26 heavy (non-hydrogen) atoms. The highest BCUT2D eigenvalue weighted by molar-refractivity contribution is 9.10. The number of rotatable bonds is 6. The van der Waals surface area contributed by atoms with Gasteiger partial charge in [0, 0.05) is 22.8 Å². The Labute approximate surface area is 165 Å². The van der Waals surface area contributed by atoms with Crippen LogP contribution in [0.4, 0.5) is 5.69 Å². The summed E-state index contributed by atoms with van der Waals surface area (Å²) in [5.41, 5.74) is 3.04. The number of anilines is 1. The number of aromatic nitrogens is 3. The molecule has 1 amide bonds. The van der Waals surface area contributed by atoms with E-state index in [0.29, 0.717) is 5.16 Å². The fourth-order valence-corrected chi connectivity index (χ4v) is 3.42. The first kappa shape index (κ1) is 18.7. The second-order valence-corrected chi connectivity index (χ2v) is 7.62. The van der Waals surface area contributed by atoms with Gasteiger partial charge in [0.2, 0.25) is 5.91 Å². The monoisotopic (exact) mass is 430 g/mol. The molecule has 0 atom stereocenters. The van der Waals surface area contributed by atoms with E-state index < -0.39 is 0 Å². The SMILES string of the molecule is CCc1ccc(NC(=O)CSc2nnc(-c3ccc(Br)cc3)n2C)cc1. The lowest BCUT2D eigenvalue weighted by molar-refractivity contribution is -0.113. The summed E-state index contributed by atoms with van der Waals surface area (Å²) in [4.78, 5) is 12.2.